The number of phenolic OH excluding ortho intramolecular Hbond substituents is 1. The molecule has 0 spiro atoms. The number of hydrogen-bond acceptors (Lipinski definition) is 7. The molecule has 0 saturated heterocycles. The van der Waals surface area contributed by atoms with Gasteiger partial charge in [0, 0.05) is 25.0 Å². The summed E-state index contributed by atoms with van der Waals surface area (Å²) in [6, 6.07) is 9.20. The number of phenols is 1. The van der Waals surface area contributed by atoms with E-state index in [1.54, 1.807) is 44.0 Å². The fourth-order valence-corrected chi connectivity index (χ4v) is 3.25. The zero-order valence-electron chi connectivity index (χ0n) is 17.2. The number of imidazole rings is 1. The van der Waals surface area contributed by atoms with Crippen LogP contribution in [-0.2, 0) is 6.42 Å². The average Bonchev–Trinajstić information content (AvgIpc) is 3.19. The van der Waals surface area contributed by atoms with E-state index in [4.69, 9.17) is 14.7 Å². The Balaban J connectivity index is 1.71. The molecule has 0 bridgehead atoms. The van der Waals surface area contributed by atoms with Gasteiger partial charge in [0.1, 0.15) is 17.0 Å². The standard InChI is InChI=1S/C22H24N6O2/c1-14(2)28-13-25-19-21(24-11-8-15-4-6-16(29)7-5-15)26-20(27-22(19)28)17-12-23-10-9-18(17)30-3/h4-7,9-10,12-14,29H,8,11H2,1-3H3,(H,24,26,27). The fraction of sp³-hybridized carbons (Fsp3) is 0.273. The molecule has 3 heterocycles. The normalized spacial score (nSPS) is 11.2. The summed E-state index contributed by atoms with van der Waals surface area (Å²) in [5.41, 5.74) is 3.32. The lowest BCUT2D eigenvalue weighted by molar-refractivity contribution is 0.415. The molecule has 4 aromatic rings. The smallest absolute Gasteiger partial charge is 0.169 e. The zero-order valence-corrected chi connectivity index (χ0v) is 17.2. The zero-order chi connectivity index (χ0) is 21.1. The van der Waals surface area contributed by atoms with Crippen LogP contribution >= 0.6 is 0 Å². The van der Waals surface area contributed by atoms with Gasteiger partial charge in [-0.3, -0.25) is 4.98 Å². The number of benzene rings is 1. The lowest BCUT2D eigenvalue weighted by atomic mass is 10.1. The van der Waals surface area contributed by atoms with E-state index in [0.29, 0.717) is 23.9 Å². The molecule has 3 aromatic heterocycles. The fourth-order valence-electron chi connectivity index (χ4n) is 3.25. The molecule has 0 radical (unpaired) electrons. The van der Waals surface area contributed by atoms with Gasteiger partial charge in [0.25, 0.3) is 0 Å². The lowest BCUT2D eigenvalue weighted by Gasteiger charge is -2.12. The van der Waals surface area contributed by atoms with Crippen LogP contribution in [0.1, 0.15) is 25.5 Å². The van der Waals surface area contributed by atoms with Crippen molar-refractivity contribution in [2.24, 2.45) is 0 Å². The van der Waals surface area contributed by atoms with Crippen LogP contribution in [0.15, 0.2) is 49.1 Å². The molecule has 0 aliphatic carbocycles. The highest BCUT2D eigenvalue weighted by molar-refractivity contribution is 5.85. The number of anilines is 1. The second kappa shape index (κ2) is 8.36. The number of methoxy groups -OCH3 is 1. The Morgan fingerprint density at radius 1 is 1.13 bits per heavy atom. The maximum absolute atomic E-state index is 9.45. The molecule has 8 heteroatoms. The third kappa shape index (κ3) is 3.89. The first-order valence-corrected chi connectivity index (χ1v) is 9.81. The number of ether oxygens (including phenoxy) is 1. The van der Waals surface area contributed by atoms with Crippen molar-refractivity contribution in [2.75, 3.05) is 19.0 Å². The van der Waals surface area contributed by atoms with Crippen LogP contribution in [0.25, 0.3) is 22.6 Å². The second-order valence-electron chi connectivity index (χ2n) is 7.23. The number of aromatic nitrogens is 5. The summed E-state index contributed by atoms with van der Waals surface area (Å²) >= 11 is 0. The lowest BCUT2D eigenvalue weighted by Crippen LogP contribution is -2.09. The molecule has 0 unspecified atom stereocenters. The van der Waals surface area contributed by atoms with Crippen LogP contribution in [-0.4, -0.2) is 43.3 Å². The first kappa shape index (κ1) is 19.6. The summed E-state index contributed by atoms with van der Waals surface area (Å²) in [5.74, 6) is 2.12. The molecule has 0 atom stereocenters. The third-order valence-corrected chi connectivity index (χ3v) is 4.86. The minimum Gasteiger partial charge on any atom is -0.508 e. The average molecular weight is 404 g/mol. The topological polar surface area (TPSA) is 98.0 Å². The van der Waals surface area contributed by atoms with Gasteiger partial charge < -0.3 is 19.7 Å². The maximum atomic E-state index is 9.45. The number of pyridine rings is 1. The van der Waals surface area contributed by atoms with Crippen LogP contribution in [0.4, 0.5) is 5.82 Å². The Hall–Kier alpha value is -3.68. The van der Waals surface area contributed by atoms with Crippen molar-refractivity contribution in [3.8, 4) is 22.9 Å². The van der Waals surface area contributed by atoms with Crippen LogP contribution in [0, 0.1) is 0 Å². The molecular formula is C22H24N6O2. The molecule has 30 heavy (non-hydrogen) atoms. The summed E-state index contributed by atoms with van der Waals surface area (Å²) in [5, 5.41) is 12.8. The van der Waals surface area contributed by atoms with Gasteiger partial charge in [-0.2, -0.15) is 0 Å². The van der Waals surface area contributed by atoms with E-state index in [9.17, 15) is 5.11 Å². The summed E-state index contributed by atoms with van der Waals surface area (Å²) in [6.07, 6.45) is 5.95. The first-order chi connectivity index (χ1) is 14.6. The molecule has 2 N–H and O–H groups in total. The van der Waals surface area contributed by atoms with E-state index in [1.807, 2.05) is 16.7 Å². The summed E-state index contributed by atoms with van der Waals surface area (Å²) in [7, 11) is 1.62. The predicted molar refractivity (Wildman–Crippen MR) is 116 cm³/mol. The van der Waals surface area contributed by atoms with Gasteiger partial charge in [0.2, 0.25) is 0 Å². The Bertz CT molecular complexity index is 1150. The second-order valence-corrected chi connectivity index (χ2v) is 7.23. The van der Waals surface area contributed by atoms with E-state index in [-0.39, 0.29) is 11.8 Å². The van der Waals surface area contributed by atoms with E-state index < -0.39 is 0 Å². The first-order valence-electron chi connectivity index (χ1n) is 9.81. The molecule has 0 fully saturated rings. The Morgan fingerprint density at radius 3 is 2.67 bits per heavy atom. The van der Waals surface area contributed by atoms with Gasteiger partial charge in [0.05, 0.1) is 19.0 Å². The highest BCUT2D eigenvalue weighted by atomic mass is 16.5. The summed E-state index contributed by atoms with van der Waals surface area (Å²) < 4.78 is 7.50. The van der Waals surface area contributed by atoms with Crippen LogP contribution < -0.4 is 10.1 Å². The molecule has 0 aliphatic heterocycles. The minimum atomic E-state index is 0.207. The number of rotatable bonds is 7. The highest BCUT2D eigenvalue weighted by Crippen LogP contribution is 2.30. The van der Waals surface area contributed by atoms with Gasteiger partial charge >= 0.3 is 0 Å². The molecule has 8 nitrogen and oxygen atoms in total. The number of fused-ring (bicyclic) bond motifs is 1. The number of aromatic hydroxyl groups is 1. The summed E-state index contributed by atoms with van der Waals surface area (Å²) in [4.78, 5) is 18.3. The molecule has 0 saturated carbocycles. The van der Waals surface area contributed by atoms with Crippen molar-refractivity contribution < 1.29 is 9.84 Å². The van der Waals surface area contributed by atoms with Gasteiger partial charge in [0.15, 0.2) is 17.3 Å². The minimum absolute atomic E-state index is 0.207. The van der Waals surface area contributed by atoms with Gasteiger partial charge in [-0.1, -0.05) is 12.1 Å². The monoisotopic (exact) mass is 404 g/mol. The highest BCUT2D eigenvalue weighted by Gasteiger charge is 2.17. The predicted octanol–water partition coefficient (Wildman–Crippen LogP) is 3.84. The molecule has 0 amide bonds. The Kier molecular flexibility index (Phi) is 5.47. The van der Waals surface area contributed by atoms with Crippen molar-refractivity contribution in [3.63, 3.8) is 0 Å². The summed E-state index contributed by atoms with van der Waals surface area (Å²) in [6.45, 7) is 4.84. The van der Waals surface area contributed by atoms with Gasteiger partial charge in [-0.05, 0) is 44.0 Å². The largest absolute Gasteiger partial charge is 0.508 e. The van der Waals surface area contributed by atoms with E-state index in [1.165, 1.54) is 0 Å². The van der Waals surface area contributed by atoms with Gasteiger partial charge in [-0.15, -0.1) is 0 Å². The Morgan fingerprint density at radius 2 is 1.93 bits per heavy atom. The Labute approximate surface area is 174 Å². The number of nitrogens with one attached hydrogen (secondary N) is 1. The number of nitrogens with zero attached hydrogens (tertiary/aromatic N) is 5. The van der Waals surface area contributed by atoms with Crippen molar-refractivity contribution in [1.82, 2.24) is 24.5 Å². The maximum Gasteiger partial charge on any atom is 0.169 e. The van der Waals surface area contributed by atoms with Crippen LogP contribution in [0.2, 0.25) is 0 Å². The van der Waals surface area contributed by atoms with Crippen molar-refractivity contribution in [2.45, 2.75) is 26.3 Å². The van der Waals surface area contributed by atoms with Crippen molar-refractivity contribution >= 4 is 17.0 Å². The molecule has 0 aliphatic rings. The van der Waals surface area contributed by atoms with Crippen LogP contribution in [0.5, 0.6) is 11.5 Å². The SMILES string of the molecule is COc1ccncc1-c1nc(NCCc2ccc(O)cc2)c2ncn(C(C)C)c2n1. The molecule has 1 aromatic carbocycles. The molecule has 4 rings (SSSR count). The quantitative estimate of drug-likeness (QED) is 0.483. The van der Waals surface area contributed by atoms with E-state index in [2.05, 4.69) is 29.1 Å². The third-order valence-electron chi connectivity index (χ3n) is 4.86. The van der Waals surface area contributed by atoms with Gasteiger partial charge in [-0.25, -0.2) is 15.0 Å². The van der Waals surface area contributed by atoms with E-state index in [0.717, 1.165) is 28.7 Å². The molecular weight excluding hydrogens is 380 g/mol. The van der Waals surface area contributed by atoms with Crippen LogP contribution in [0.3, 0.4) is 0 Å². The van der Waals surface area contributed by atoms with Crippen molar-refractivity contribution in [3.05, 3.63) is 54.6 Å². The van der Waals surface area contributed by atoms with Crippen molar-refractivity contribution in [1.29, 1.82) is 0 Å². The van der Waals surface area contributed by atoms with E-state index >= 15 is 0 Å². The number of hydrogen-bond donors (Lipinski definition) is 2. The molecule has 154 valence electrons.